The first-order chi connectivity index (χ1) is 9.49. The van der Waals surface area contributed by atoms with Crippen molar-refractivity contribution in [2.75, 3.05) is 0 Å². The Hall–Kier alpha value is -2.08. The summed E-state index contributed by atoms with van der Waals surface area (Å²) < 4.78 is 41.8. The summed E-state index contributed by atoms with van der Waals surface area (Å²) >= 11 is 5.67. The maximum absolute atomic E-state index is 13.1. The average molecular weight is 321 g/mol. The van der Waals surface area contributed by atoms with Crippen molar-refractivity contribution in [1.82, 2.24) is 0 Å². The lowest BCUT2D eigenvalue weighted by atomic mass is 10.0. The molecular formula is C14H9ClF4O2. The fourth-order valence-electron chi connectivity index (χ4n) is 1.70. The molecule has 0 saturated carbocycles. The molecule has 7 heteroatoms. The highest BCUT2D eigenvalue weighted by atomic mass is 35.5. The van der Waals surface area contributed by atoms with Crippen molar-refractivity contribution in [3.05, 3.63) is 52.8 Å². The van der Waals surface area contributed by atoms with E-state index in [0.717, 1.165) is 6.07 Å². The maximum atomic E-state index is 13.1. The minimum absolute atomic E-state index is 0. The van der Waals surface area contributed by atoms with Crippen LogP contribution in [0.2, 0.25) is 5.02 Å². The Morgan fingerprint density at radius 1 is 1.10 bits per heavy atom. The van der Waals surface area contributed by atoms with E-state index in [1.54, 1.807) is 0 Å². The lowest BCUT2D eigenvalue weighted by Gasteiger charge is -2.09. The predicted octanol–water partition coefficient (Wildman–Crippen LogP) is 4.71. The lowest BCUT2D eigenvalue weighted by Crippen LogP contribution is -2.02. The van der Waals surface area contributed by atoms with E-state index in [4.69, 9.17) is 11.6 Å². The van der Waals surface area contributed by atoms with Gasteiger partial charge in [-0.25, -0.2) is 4.39 Å². The smallest absolute Gasteiger partial charge is 0.387 e. The molecule has 0 fully saturated rings. The molecule has 0 amide bonds. The number of ether oxygens (including phenoxy) is 1. The van der Waals surface area contributed by atoms with Crippen LogP contribution in [0.25, 0.3) is 11.1 Å². The highest BCUT2D eigenvalue weighted by Gasteiger charge is 2.10. The van der Waals surface area contributed by atoms with Crippen LogP contribution in [0.15, 0.2) is 36.4 Å². The fraction of sp³-hybridized carbons (Fsp3) is 0.0714. The van der Waals surface area contributed by atoms with Gasteiger partial charge in [0.25, 0.3) is 0 Å². The lowest BCUT2D eigenvalue weighted by molar-refractivity contribution is -0.0498. The molecule has 0 atom stereocenters. The first kappa shape index (κ1) is 17.0. The van der Waals surface area contributed by atoms with Crippen molar-refractivity contribution in [3.8, 4) is 16.9 Å². The molecule has 0 bridgehead atoms. The summed E-state index contributed by atoms with van der Waals surface area (Å²) in [5, 5.41) is -0.102. The van der Waals surface area contributed by atoms with Crippen LogP contribution in [0, 0.1) is 5.82 Å². The Labute approximate surface area is 122 Å². The molecule has 2 rings (SSSR count). The Kier molecular flexibility index (Phi) is 5.72. The summed E-state index contributed by atoms with van der Waals surface area (Å²) in [4.78, 5) is 10.8. The van der Waals surface area contributed by atoms with Gasteiger partial charge in [-0.2, -0.15) is 8.78 Å². The van der Waals surface area contributed by atoms with E-state index in [1.807, 2.05) is 0 Å². The van der Waals surface area contributed by atoms with Gasteiger partial charge in [-0.15, -0.1) is 0 Å². The second kappa shape index (κ2) is 7.08. The quantitative estimate of drug-likeness (QED) is 0.602. The van der Waals surface area contributed by atoms with E-state index in [-0.39, 0.29) is 21.0 Å². The van der Waals surface area contributed by atoms with Crippen LogP contribution >= 0.6 is 11.6 Å². The molecule has 0 radical (unpaired) electrons. The van der Waals surface area contributed by atoms with E-state index in [0.29, 0.717) is 17.4 Å². The van der Waals surface area contributed by atoms with Gasteiger partial charge in [0.15, 0.2) is 0 Å². The summed E-state index contributed by atoms with van der Waals surface area (Å²) in [7, 11) is 0. The second-order valence-corrected chi connectivity index (χ2v) is 4.32. The van der Waals surface area contributed by atoms with Gasteiger partial charge in [-0.3, -0.25) is 9.50 Å². The van der Waals surface area contributed by atoms with Crippen LogP contribution in [-0.4, -0.2) is 12.9 Å². The molecule has 0 aliphatic rings. The molecule has 0 aliphatic carbocycles. The summed E-state index contributed by atoms with van der Waals surface area (Å²) in [5.74, 6) is -0.744. The average Bonchev–Trinajstić information content (AvgIpc) is 2.40. The predicted molar refractivity (Wildman–Crippen MR) is 71.4 cm³/mol. The fourth-order valence-corrected chi connectivity index (χ4v) is 1.88. The van der Waals surface area contributed by atoms with E-state index in [2.05, 4.69) is 4.74 Å². The molecule has 0 saturated heterocycles. The number of benzene rings is 2. The van der Waals surface area contributed by atoms with Crippen molar-refractivity contribution in [2.45, 2.75) is 6.61 Å². The number of carbonyl (C=O) groups is 1. The maximum Gasteiger partial charge on any atom is 0.387 e. The highest BCUT2D eigenvalue weighted by molar-refractivity contribution is 6.31. The first-order valence-electron chi connectivity index (χ1n) is 5.50. The number of aldehydes is 1. The molecule has 112 valence electrons. The molecule has 2 aromatic rings. The van der Waals surface area contributed by atoms with E-state index in [1.165, 1.54) is 30.3 Å². The molecule has 0 unspecified atom stereocenters. The number of carbonyl (C=O) groups excluding carboxylic acids is 1. The molecule has 0 spiro atoms. The van der Waals surface area contributed by atoms with Gasteiger partial charge in [-0.1, -0.05) is 17.7 Å². The van der Waals surface area contributed by atoms with Gasteiger partial charge in [0, 0.05) is 5.56 Å². The van der Waals surface area contributed by atoms with Crippen LogP contribution in [0.1, 0.15) is 10.4 Å². The number of hydrogen-bond donors (Lipinski definition) is 0. The van der Waals surface area contributed by atoms with Crippen molar-refractivity contribution < 1.29 is 27.4 Å². The van der Waals surface area contributed by atoms with Crippen LogP contribution in [0.5, 0.6) is 5.75 Å². The van der Waals surface area contributed by atoms with Crippen molar-refractivity contribution >= 4 is 17.9 Å². The zero-order valence-corrected chi connectivity index (χ0v) is 11.1. The Morgan fingerprint density at radius 2 is 1.81 bits per heavy atom. The van der Waals surface area contributed by atoms with Gasteiger partial charge >= 0.3 is 6.61 Å². The monoisotopic (exact) mass is 320 g/mol. The largest absolute Gasteiger partial charge is 0.435 e. The third-order valence-corrected chi connectivity index (χ3v) is 2.83. The normalized spacial score (nSPS) is 10.1. The number of halogens is 5. The molecule has 2 nitrogen and oxygen atoms in total. The van der Waals surface area contributed by atoms with Gasteiger partial charge < -0.3 is 4.74 Å². The van der Waals surface area contributed by atoms with Crippen LogP contribution in [-0.2, 0) is 0 Å². The van der Waals surface area contributed by atoms with Gasteiger partial charge in [0.1, 0.15) is 17.9 Å². The molecule has 2 aromatic carbocycles. The first-order valence-corrected chi connectivity index (χ1v) is 5.88. The van der Waals surface area contributed by atoms with Crippen LogP contribution < -0.4 is 4.74 Å². The van der Waals surface area contributed by atoms with Crippen molar-refractivity contribution in [3.63, 3.8) is 0 Å². The summed E-state index contributed by atoms with van der Waals surface area (Å²) in [5.41, 5.74) is 1.07. The Morgan fingerprint density at radius 3 is 2.38 bits per heavy atom. The molecule has 0 heterocycles. The summed E-state index contributed by atoms with van der Waals surface area (Å²) in [6, 6.07) is 7.90. The van der Waals surface area contributed by atoms with E-state index >= 15 is 0 Å². The summed E-state index contributed by atoms with van der Waals surface area (Å²) in [6.07, 6.45) is 0.507. The molecular weight excluding hydrogens is 312 g/mol. The minimum Gasteiger partial charge on any atom is -0.435 e. The number of rotatable bonds is 4. The molecule has 0 aromatic heterocycles. The molecule has 0 aliphatic heterocycles. The topological polar surface area (TPSA) is 26.3 Å². The zero-order chi connectivity index (χ0) is 14.7. The van der Waals surface area contributed by atoms with Crippen LogP contribution in [0.3, 0.4) is 0 Å². The highest BCUT2D eigenvalue weighted by Crippen LogP contribution is 2.29. The molecule has 0 N–H and O–H groups in total. The van der Waals surface area contributed by atoms with Crippen molar-refractivity contribution in [2.24, 2.45) is 0 Å². The molecule has 21 heavy (non-hydrogen) atoms. The zero-order valence-electron chi connectivity index (χ0n) is 10.4. The summed E-state index contributed by atoms with van der Waals surface area (Å²) in [6.45, 7) is -3.00. The Balaban J connectivity index is 0.00000220. The Bertz CT molecular complexity index is 647. The second-order valence-electron chi connectivity index (χ2n) is 3.92. The van der Waals surface area contributed by atoms with Gasteiger partial charge in [0.05, 0.1) is 5.02 Å². The van der Waals surface area contributed by atoms with Gasteiger partial charge in [-0.05, 0) is 41.5 Å². The standard InChI is InChI=1S/C14H8ClF3O2.FH/c15-12-6-9(1-2-13(12)16)10-3-8(7-19)4-11(5-10)20-14(17)18;/h1-7,14H;1H. The minimum atomic E-state index is -3.00. The van der Waals surface area contributed by atoms with Crippen LogP contribution in [0.4, 0.5) is 17.9 Å². The third-order valence-electron chi connectivity index (χ3n) is 2.54. The van der Waals surface area contributed by atoms with E-state index in [9.17, 15) is 18.0 Å². The van der Waals surface area contributed by atoms with E-state index < -0.39 is 12.4 Å². The van der Waals surface area contributed by atoms with Gasteiger partial charge in [0.2, 0.25) is 0 Å². The SMILES string of the molecule is F.O=Cc1cc(OC(F)F)cc(-c2ccc(F)c(Cl)c2)c1. The van der Waals surface area contributed by atoms with Crippen molar-refractivity contribution in [1.29, 1.82) is 0 Å². The number of hydrogen-bond acceptors (Lipinski definition) is 2. The third kappa shape index (κ3) is 4.19. The number of alkyl halides is 2.